The first kappa shape index (κ1) is 15.2. The Morgan fingerprint density at radius 1 is 1.39 bits per heavy atom. The Bertz CT molecular complexity index is 421. The Labute approximate surface area is 114 Å². The highest BCUT2D eigenvalue weighted by molar-refractivity contribution is 7.12. The lowest BCUT2D eigenvalue weighted by molar-refractivity contribution is 0.0929. The van der Waals surface area contributed by atoms with E-state index >= 15 is 0 Å². The van der Waals surface area contributed by atoms with Crippen molar-refractivity contribution in [3.05, 3.63) is 21.4 Å². The standard InChI is InChI=1S/C14H24N2OS/c1-10-7-12(11(2)18-10)13(17)15-8-14(3,4)9-16(5)6/h7H,8-9H2,1-6H3,(H,15,17). The van der Waals surface area contributed by atoms with Crippen molar-refractivity contribution in [1.29, 1.82) is 0 Å². The van der Waals surface area contributed by atoms with Gasteiger partial charge in [0, 0.05) is 22.8 Å². The number of carbonyl (C=O) groups is 1. The molecule has 0 saturated carbocycles. The van der Waals surface area contributed by atoms with E-state index in [4.69, 9.17) is 0 Å². The van der Waals surface area contributed by atoms with Gasteiger partial charge >= 0.3 is 0 Å². The lowest BCUT2D eigenvalue weighted by Crippen LogP contribution is -2.40. The molecule has 4 heteroatoms. The second-order valence-electron chi connectivity index (χ2n) is 5.91. The van der Waals surface area contributed by atoms with Gasteiger partial charge < -0.3 is 10.2 Å². The Kier molecular flexibility index (Phi) is 4.93. The molecule has 1 heterocycles. The number of amides is 1. The van der Waals surface area contributed by atoms with Crippen LogP contribution in [0.3, 0.4) is 0 Å². The Hall–Kier alpha value is -0.870. The fourth-order valence-corrected chi connectivity index (χ4v) is 3.10. The summed E-state index contributed by atoms with van der Waals surface area (Å²) < 4.78 is 0. The molecule has 1 aromatic rings. The molecule has 0 fully saturated rings. The van der Waals surface area contributed by atoms with Crippen LogP contribution in [0.25, 0.3) is 0 Å². The van der Waals surface area contributed by atoms with Gasteiger partial charge in [-0.15, -0.1) is 11.3 Å². The molecule has 0 aliphatic rings. The number of rotatable bonds is 5. The zero-order valence-electron chi connectivity index (χ0n) is 12.3. The van der Waals surface area contributed by atoms with Gasteiger partial charge in [0.25, 0.3) is 5.91 Å². The van der Waals surface area contributed by atoms with Crippen LogP contribution in [0.4, 0.5) is 0 Å². The number of carbonyl (C=O) groups excluding carboxylic acids is 1. The van der Waals surface area contributed by atoms with E-state index in [2.05, 4.69) is 38.2 Å². The van der Waals surface area contributed by atoms with Crippen molar-refractivity contribution < 1.29 is 4.79 Å². The minimum absolute atomic E-state index is 0.0451. The number of nitrogens with one attached hydrogen (secondary N) is 1. The van der Waals surface area contributed by atoms with Gasteiger partial charge in [0.05, 0.1) is 5.56 Å². The predicted molar refractivity (Wildman–Crippen MR) is 78.5 cm³/mol. The van der Waals surface area contributed by atoms with Crippen molar-refractivity contribution in [3.63, 3.8) is 0 Å². The zero-order chi connectivity index (χ0) is 13.9. The summed E-state index contributed by atoms with van der Waals surface area (Å²) in [5, 5.41) is 3.04. The summed E-state index contributed by atoms with van der Waals surface area (Å²) in [5.41, 5.74) is 0.899. The van der Waals surface area contributed by atoms with Crippen LogP contribution in [0.2, 0.25) is 0 Å². The fourth-order valence-electron chi connectivity index (χ4n) is 2.18. The summed E-state index contributed by atoms with van der Waals surface area (Å²) in [5.74, 6) is 0.0451. The van der Waals surface area contributed by atoms with Gasteiger partial charge in [-0.2, -0.15) is 0 Å². The van der Waals surface area contributed by atoms with E-state index in [9.17, 15) is 4.79 Å². The maximum atomic E-state index is 12.1. The molecule has 0 radical (unpaired) electrons. The average Bonchev–Trinajstić information content (AvgIpc) is 2.52. The minimum atomic E-state index is 0.0451. The number of hydrogen-bond donors (Lipinski definition) is 1. The van der Waals surface area contributed by atoms with Crippen molar-refractivity contribution in [2.75, 3.05) is 27.2 Å². The highest BCUT2D eigenvalue weighted by atomic mass is 32.1. The number of aryl methyl sites for hydroxylation is 2. The van der Waals surface area contributed by atoms with Crippen molar-refractivity contribution in [3.8, 4) is 0 Å². The van der Waals surface area contributed by atoms with Crippen molar-refractivity contribution in [2.24, 2.45) is 5.41 Å². The van der Waals surface area contributed by atoms with Gasteiger partial charge in [-0.05, 0) is 39.4 Å². The van der Waals surface area contributed by atoms with Crippen LogP contribution < -0.4 is 5.32 Å². The second-order valence-corrected chi connectivity index (χ2v) is 7.37. The Morgan fingerprint density at radius 3 is 2.44 bits per heavy atom. The van der Waals surface area contributed by atoms with Crippen molar-refractivity contribution >= 4 is 17.2 Å². The van der Waals surface area contributed by atoms with Crippen molar-refractivity contribution in [2.45, 2.75) is 27.7 Å². The smallest absolute Gasteiger partial charge is 0.252 e. The molecule has 1 N–H and O–H groups in total. The first-order valence-corrected chi connectivity index (χ1v) is 7.03. The van der Waals surface area contributed by atoms with Crippen LogP contribution in [-0.4, -0.2) is 38.0 Å². The van der Waals surface area contributed by atoms with Gasteiger partial charge in [0.1, 0.15) is 0 Å². The molecule has 0 bridgehead atoms. The molecule has 3 nitrogen and oxygen atoms in total. The molecular weight excluding hydrogens is 244 g/mol. The molecular formula is C14H24N2OS. The van der Waals surface area contributed by atoms with E-state index in [1.165, 1.54) is 4.88 Å². The molecule has 0 aromatic carbocycles. The second kappa shape index (κ2) is 5.85. The van der Waals surface area contributed by atoms with Gasteiger partial charge in [0.2, 0.25) is 0 Å². The number of hydrogen-bond acceptors (Lipinski definition) is 3. The molecule has 0 atom stereocenters. The summed E-state index contributed by atoms with van der Waals surface area (Å²) in [6, 6.07) is 1.97. The maximum absolute atomic E-state index is 12.1. The SMILES string of the molecule is Cc1cc(C(=O)NCC(C)(C)CN(C)C)c(C)s1. The third kappa shape index (κ3) is 4.42. The van der Waals surface area contributed by atoms with E-state index in [0.717, 1.165) is 17.0 Å². The quantitative estimate of drug-likeness (QED) is 0.890. The van der Waals surface area contributed by atoms with Crippen LogP contribution >= 0.6 is 11.3 Å². The topological polar surface area (TPSA) is 32.3 Å². The van der Waals surface area contributed by atoms with Crippen LogP contribution in [0.5, 0.6) is 0 Å². The van der Waals surface area contributed by atoms with E-state index in [-0.39, 0.29) is 11.3 Å². The molecule has 102 valence electrons. The molecule has 1 rings (SSSR count). The Morgan fingerprint density at radius 2 is 2.00 bits per heavy atom. The fraction of sp³-hybridized carbons (Fsp3) is 0.643. The van der Waals surface area contributed by atoms with Crippen molar-refractivity contribution in [1.82, 2.24) is 10.2 Å². The molecule has 0 spiro atoms. The highest BCUT2D eigenvalue weighted by Gasteiger charge is 2.21. The first-order valence-electron chi connectivity index (χ1n) is 6.21. The largest absolute Gasteiger partial charge is 0.351 e. The average molecular weight is 268 g/mol. The summed E-state index contributed by atoms with van der Waals surface area (Å²) in [6.07, 6.45) is 0. The van der Waals surface area contributed by atoms with E-state index in [0.29, 0.717) is 6.54 Å². The summed E-state index contributed by atoms with van der Waals surface area (Å²) >= 11 is 1.67. The zero-order valence-corrected chi connectivity index (χ0v) is 13.1. The third-order valence-electron chi connectivity index (χ3n) is 2.76. The summed E-state index contributed by atoms with van der Waals surface area (Å²) in [7, 11) is 4.10. The summed E-state index contributed by atoms with van der Waals surface area (Å²) in [6.45, 7) is 10.0. The molecule has 0 aliphatic carbocycles. The normalized spacial score (nSPS) is 11.9. The van der Waals surface area contributed by atoms with E-state index in [1.807, 2.05) is 19.9 Å². The first-order chi connectivity index (χ1) is 8.21. The lowest BCUT2D eigenvalue weighted by atomic mass is 9.93. The lowest BCUT2D eigenvalue weighted by Gasteiger charge is -2.28. The summed E-state index contributed by atoms with van der Waals surface area (Å²) in [4.78, 5) is 16.5. The van der Waals surface area contributed by atoms with Gasteiger partial charge in [-0.3, -0.25) is 4.79 Å². The van der Waals surface area contributed by atoms with Crippen LogP contribution in [0.1, 0.15) is 34.0 Å². The van der Waals surface area contributed by atoms with E-state index in [1.54, 1.807) is 11.3 Å². The molecule has 18 heavy (non-hydrogen) atoms. The number of thiophene rings is 1. The van der Waals surface area contributed by atoms with Gasteiger partial charge in [-0.1, -0.05) is 13.8 Å². The van der Waals surface area contributed by atoms with E-state index < -0.39 is 0 Å². The monoisotopic (exact) mass is 268 g/mol. The van der Waals surface area contributed by atoms with Crippen LogP contribution in [0, 0.1) is 19.3 Å². The predicted octanol–water partition coefficient (Wildman–Crippen LogP) is 2.68. The molecule has 0 unspecified atom stereocenters. The minimum Gasteiger partial charge on any atom is -0.351 e. The van der Waals surface area contributed by atoms with Gasteiger partial charge in [-0.25, -0.2) is 0 Å². The van der Waals surface area contributed by atoms with Crippen LogP contribution in [-0.2, 0) is 0 Å². The maximum Gasteiger partial charge on any atom is 0.252 e. The van der Waals surface area contributed by atoms with Crippen LogP contribution in [0.15, 0.2) is 6.07 Å². The highest BCUT2D eigenvalue weighted by Crippen LogP contribution is 2.21. The number of nitrogens with zero attached hydrogens (tertiary/aromatic N) is 1. The van der Waals surface area contributed by atoms with Gasteiger partial charge in [0.15, 0.2) is 0 Å². The molecule has 1 amide bonds. The third-order valence-corrected chi connectivity index (χ3v) is 3.72. The molecule has 0 aliphatic heterocycles. The molecule has 0 saturated heterocycles. The molecule has 1 aromatic heterocycles. The Balaban J connectivity index is 2.59.